The van der Waals surface area contributed by atoms with Crippen molar-refractivity contribution in [1.29, 1.82) is 0 Å². The Morgan fingerprint density at radius 1 is 0.667 bits per heavy atom. The molecule has 0 saturated carbocycles. The summed E-state index contributed by atoms with van der Waals surface area (Å²) in [6.07, 6.45) is 20.6. The quantitative estimate of drug-likeness (QED) is 0.264. The van der Waals surface area contributed by atoms with Crippen LogP contribution in [0.2, 0.25) is 0 Å². The Hall–Kier alpha value is -0.570. The average Bonchev–Trinajstić information content (AvgIpc) is 2.55. The molecule has 0 aliphatic rings. The number of hydrogen-bond donors (Lipinski definition) is 2. The van der Waals surface area contributed by atoms with E-state index in [2.05, 4.69) is 6.92 Å². The van der Waals surface area contributed by atoms with E-state index in [1.165, 1.54) is 70.6 Å². The molecule has 0 aromatic carbocycles. The smallest absolute Gasteiger partial charge is 0.303 e. The van der Waals surface area contributed by atoms with E-state index in [1.807, 2.05) is 0 Å². The third-order valence-corrected chi connectivity index (χ3v) is 4.82. The van der Waals surface area contributed by atoms with Gasteiger partial charge in [-0.3, -0.25) is 4.79 Å². The van der Waals surface area contributed by atoms with Gasteiger partial charge >= 0.3 is 5.97 Å². The summed E-state index contributed by atoms with van der Waals surface area (Å²) < 4.78 is 0. The van der Waals surface area contributed by atoms with Crippen molar-refractivity contribution in [1.82, 2.24) is 0 Å². The fraction of sp³-hybridized carbons (Fsp3) is 0.952. The van der Waals surface area contributed by atoms with Crippen molar-refractivity contribution in [3.8, 4) is 0 Å². The molecular formula is C21H42O3. The number of rotatable bonds is 19. The third kappa shape index (κ3) is 19.5. The molecule has 0 aromatic heterocycles. The van der Waals surface area contributed by atoms with Gasteiger partial charge in [-0.2, -0.15) is 0 Å². The predicted molar refractivity (Wildman–Crippen MR) is 102 cm³/mol. The van der Waals surface area contributed by atoms with Crippen molar-refractivity contribution < 1.29 is 15.0 Å². The summed E-state index contributed by atoms with van der Waals surface area (Å²) in [6.45, 7) is 2.27. The zero-order valence-corrected chi connectivity index (χ0v) is 16.1. The van der Waals surface area contributed by atoms with E-state index >= 15 is 0 Å². The van der Waals surface area contributed by atoms with Crippen LogP contribution in [-0.2, 0) is 4.79 Å². The molecule has 0 radical (unpaired) electrons. The van der Waals surface area contributed by atoms with Gasteiger partial charge in [0.15, 0.2) is 0 Å². The summed E-state index contributed by atoms with van der Waals surface area (Å²) in [6, 6.07) is 0. The second-order valence-electron chi connectivity index (χ2n) is 7.32. The van der Waals surface area contributed by atoms with E-state index < -0.39 is 5.97 Å². The first-order chi connectivity index (χ1) is 11.7. The van der Waals surface area contributed by atoms with Crippen LogP contribution in [0.4, 0.5) is 0 Å². The van der Waals surface area contributed by atoms with Gasteiger partial charge in [-0.1, -0.05) is 96.8 Å². The Morgan fingerprint density at radius 3 is 1.46 bits per heavy atom. The number of hydrogen-bond acceptors (Lipinski definition) is 2. The van der Waals surface area contributed by atoms with Crippen LogP contribution in [-0.4, -0.2) is 22.3 Å². The lowest BCUT2D eigenvalue weighted by molar-refractivity contribution is -0.137. The number of carboxylic acid groups (broad SMARTS) is 1. The van der Waals surface area contributed by atoms with Crippen LogP contribution in [0.1, 0.15) is 122 Å². The van der Waals surface area contributed by atoms with Crippen molar-refractivity contribution in [2.75, 3.05) is 0 Å². The summed E-state index contributed by atoms with van der Waals surface area (Å²) in [5.74, 6) is -0.716. The second-order valence-corrected chi connectivity index (χ2v) is 7.32. The van der Waals surface area contributed by atoms with Crippen LogP contribution in [0.25, 0.3) is 0 Å². The molecule has 0 rings (SSSR count). The lowest BCUT2D eigenvalue weighted by atomic mass is 10.0. The summed E-state index contributed by atoms with van der Waals surface area (Å²) in [7, 11) is 0. The molecule has 0 aliphatic carbocycles. The zero-order chi connectivity index (χ0) is 17.9. The molecule has 0 aliphatic heterocycles. The molecule has 3 heteroatoms. The van der Waals surface area contributed by atoms with Crippen LogP contribution in [0, 0.1) is 0 Å². The number of aliphatic hydroxyl groups is 1. The highest BCUT2D eigenvalue weighted by molar-refractivity contribution is 5.66. The molecule has 1 unspecified atom stereocenters. The number of aliphatic hydroxyl groups excluding tert-OH is 1. The van der Waals surface area contributed by atoms with Crippen molar-refractivity contribution in [3.63, 3.8) is 0 Å². The van der Waals surface area contributed by atoms with Crippen LogP contribution < -0.4 is 0 Å². The SMILES string of the molecule is CCCCCCCCCCCCCCC(O)CCCCCC(=O)O. The largest absolute Gasteiger partial charge is 0.481 e. The minimum atomic E-state index is -0.716. The fourth-order valence-corrected chi connectivity index (χ4v) is 3.20. The first kappa shape index (κ1) is 23.4. The lowest BCUT2D eigenvalue weighted by Gasteiger charge is -2.10. The maximum absolute atomic E-state index is 10.4. The summed E-state index contributed by atoms with van der Waals surface area (Å²) in [5, 5.41) is 18.5. The molecule has 1 atom stereocenters. The van der Waals surface area contributed by atoms with Crippen molar-refractivity contribution in [2.24, 2.45) is 0 Å². The maximum Gasteiger partial charge on any atom is 0.303 e. The standard InChI is InChI=1S/C21H42O3/c1-2-3-4-5-6-7-8-9-10-11-12-14-17-20(22)18-15-13-16-19-21(23)24/h20,22H,2-19H2,1H3,(H,23,24). The topological polar surface area (TPSA) is 57.5 Å². The summed E-state index contributed by atoms with van der Waals surface area (Å²) >= 11 is 0. The van der Waals surface area contributed by atoms with Crippen molar-refractivity contribution in [3.05, 3.63) is 0 Å². The summed E-state index contributed by atoms with van der Waals surface area (Å²) in [5.41, 5.74) is 0. The molecule has 0 fully saturated rings. The molecule has 0 heterocycles. The molecule has 144 valence electrons. The van der Waals surface area contributed by atoms with E-state index in [1.54, 1.807) is 0 Å². The van der Waals surface area contributed by atoms with Gasteiger partial charge in [0.2, 0.25) is 0 Å². The predicted octanol–water partition coefficient (Wildman–Crippen LogP) is 6.47. The Bertz CT molecular complexity index is 266. The molecule has 0 saturated heterocycles. The molecule has 0 amide bonds. The molecule has 3 nitrogen and oxygen atoms in total. The van der Waals surface area contributed by atoms with E-state index in [0.717, 1.165) is 38.5 Å². The van der Waals surface area contributed by atoms with Gasteiger partial charge in [0.05, 0.1) is 6.10 Å². The van der Waals surface area contributed by atoms with E-state index in [4.69, 9.17) is 5.11 Å². The van der Waals surface area contributed by atoms with E-state index in [-0.39, 0.29) is 12.5 Å². The lowest BCUT2D eigenvalue weighted by Crippen LogP contribution is -2.06. The summed E-state index contributed by atoms with van der Waals surface area (Å²) in [4.78, 5) is 10.4. The Morgan fingerprint density at radius 2 is 1.04 bits per heavy atom. The maximum atomic E-state index is 10.4. The van der Waals surface area contributed by atoms with Gasteiger partial charge in [-0.05, 0) is 19.3 Å². The van der Waals surface area contributed by atoms with Gasteiger partial charge < -0.3 is 10.2 Å². The Kier molecular flexibility index (Phi) is 18.3. The minimum absolute atomic E-state index is 0.182. The number of unbranched alkanes of at least 4 members (excludes halogenated alkanes) is 13. The first-order valence-corrected chi connectivity index (χ1v) is 10.6. The van der Waals surface area contributed by atoms with Gasteiger partial charge in [-0.25, -0.2) is 0 Å². The number of carboxylic acids is 1. The van der Waals surface area contributed by atoms with Gasteiger partial charge in [0.25, 0.3) is 0 Å². The highest BCUT2D eigenvalue weighted by Crippen LogP contribution is 2.15. The van der Waals surface area contributed by atoms with Gasteiger partial charge in [0.1, 0.15) is 0 Å². The monoisotopic (exact) mass is 342 g/mol. The molecule has 2 N–H and O–H groups in total. The van der Waals surface area contributed by atoms with Gasteiger partial charge in [0, 0.05) is 6.42 Å². The molecule has 0 bridgehead atoms. The third-order valence-electron chi connectivity index (χ3n) is 4.82. The molecule has 24 heavy (non-hydrogen) atoms. The highest BCUT2D eigenvalue weighted by Gasteiger charge is 2.04. The molecule has 0 aromatic rings. The van der Waals surface area contributed by atoms with Crippen LogP contribution >= 0.6 is 0 Å². The zero-order valence-electron chi connectivity index (χ0n) is 16.1. The van der Waals surface area contributed by atoms with Crippen LogP contribution in [0.3, 0.4) is 0 Å². The average molecular weight is 343 g/mol. The normalized spacial score (nSPS) is 12.4. The first-order valence-electron chi connectivity index (χ1n) is 10.6. The molecular weight excluding hydrogens is 300 g/mol. The Balaban J connectivity index is 3.14. The number of carbonyl (C=O) groups is 1. The highest BCUT2D eigenvalue weighted by atomic mass is 16.4. The minimum Gasteiger partial charge on any atom is -0.481 e. The molecule has 0 spiro atoms. The van der Waals surface area contributed by atoms with Gasteiger partial charge in [-0.15, -0.1) is 0 Å². The van der Waals surface area contributed by atoms with Crippen molar-refractivity contribution in [2.45, 2.75) is 129 Å². The van der Waals surface area contributed by atoms with Crippen LogP contribution in [0.5, 0.6) is 0 Å². The van der Waals surface area contributed by atoms with E-state index in [9.17, 15) is 9.90 Å². The second kappa shape index (κ2) is 18.8. The van der Waals surface area contributed by atoms with Crippen LogP contribution in [0.15, 0.2) is 0 Å². The Labute approximate surface area is 150 Å². The van der Waals surface area contributed by atoms with E-state index in [0.29, 0.717) is 0 Å². The fourth-order valence-electron chi connectivity index (χ4n) is 3.20. The number of aliphatic carboxylic acids is 1. The van der Waals surface area contributed by atoms with Crippen molar-refractivity contribution >= 4 is 5.97 Å².